The highest BCUT2D eigenvalue weighted by atomic mass is 32.1. The highest BCUT2D eigenvalue weighted by Gasteiger charge is 2.03. The van der Waals surface area contributed by atoms with Gasteiger partial charge in [0.05, 0.1) is 10.7 Å². The van der Waals surface area contributed by atoms with Gasteiger partial charge in [0.1, 0.15) is 0 Å². The number of anilines is 1. The lowest BCUT2D eigenvalue weighted by molar-refractivity contribution is 0.607. The van der Waals surface area contributed by atoms with Gasteiger partial charge in [-0.05, 0) is 31.4 Å². The second kappa shape index (κ2) is 6.01. The quantitative estimate of drug-likeness (QED) is 0.851. The van der Waals surface area contributed by atoms with Crippen LogP contribution in [0.25, 0.3) is 11.3 Å². The highest BCUT2D eigenvalue weighted by Crippen LogP contribution is 2.24. The second-order valence-corrected chi connectivity index (χ2v) is 6.00. The molecule has 0 unspecified atom stereocenters. The minimum Gasteiger partial charge on any atom is -0.385 e. The Bertz CT molecular complexity index is 503. The molecule has 0 atom stereocenters. The molecule has 0 aliphatic heterocycles. The van der Waals surface area contributed by atoms with Crippen LogP contribution in [0.15, 0.2) is 29.6 Å². The van der Waals surface area contributed by atoms with E-state index in [1.807, 2.05) is 6.92 Å². The zero-order valence-electron chi connectivity index (χ0n) is 11.2. The summed E-state index contributed by atoms with van der Waals surface area (Å²) in [6.45, 7) is 7.56. The van der Waals surface area contributed by atoms with Crippen molar-refractivity contribution in [3.05, 3.63) is 34.7 Å². The molecule has 2 aromatic rings. The molecule has 0 aliphatic carbocycles. The number of hydrogen-bond donors (Lipinski definition) is 1. The molecule has 2 nitrogen and oxygen atoms in total. The molecule has 2 rings (SSSR count). The molecule has 96 valence electrons. The zero-order valence-corrected chi connectivity index (χ0v) is 12.1. The Morgan fingerprint density at radius 1 is 1.33 bits per heavy atom. The van der Waals surface area contributed by atoms with Crippen LogP contribution in [0.2, 0.25) is 0 Å². The molecule has 0 spiro atoms. The molecule has 0 radical (unpaired) electrons. The maximum absolute atomic E-state index is 4.52. The van der Waals surface area contributed by atoms with Crippen LogP contribution in [-0.4, -0.2) is 11.5 Å². The molecule has 1 N–H and O–H groups in total. The van der Waals surface area contributed by atoms with Crippen LogP contribution >= 0.6 is 11.3 Å². The number of aryl methyl sites for hydroxylation is 1. The Kier molecular flexibility index (Phi) is 4.37. The summed E-state index contributed by atoms with van der Waals surface area (Å²) in [5, 5.41) is 6.70. The van der Waals surface area contributed by atoms with Crippen molar-refractivity contribution in [1.82, 2.24) is 4.98 Å². The fourth-order valence-corrected chi connectivity index (χ4v) is 2.41. The standard InChI is InChI=1S/C15H20N2S/c1-11(2)7-8-16-14-6-4-5-13(9-14)15-10-18-12(3)17-15/h4-6,9-11,16H,7-8H2,1-3H3. The van der Waals surface area contributed by atoms with E-state index in [1.165, 1.54) is 17.7 Å². The molecular formula is C15H20N2S. The highest BCUT2D eigenvalue weighted by molar-refractivity contribution is 7.09. The molecule has 3 heteroatoms. The summed E-state index contributed by atoms with van der Waals surface area (Å²) < 4.78 is 0. The van der Waals surface area contributed by atoms with Crippen molar-refractivity contribution < 1.29 is 0 Å². The van der Waals surface area contributed by atoms with Gasteiger partial charge in [-0.2, -0.15) is 0 Å². The molecule has 0 saturated carbocycles. The van der Waals surface area contributed by atoms with Gasteiger partial charge >= 0.3 is 0 Å². The molecule has 18 heavy (non-hydrogen) atoms. The lowest BCUT2D eigenvalue weighted by Gasteiger charge is -2.09. The van der Waals surface area contributed by atoms with E-state index < -0.39 is 0 Å². The van der Waals surface area contributed by atoms with E-state index in [1.54, 1.807) is 11.3 Å². The lowest BCUT2D eigenvalue weighted by Crippen LogP contribution is -2.04. The first-order valence-corrected chi connectivity index (χ1v) is 7.29. The fraction of sp³-hybridized carbons (Fsp3) is 0.400. The van der Waals surface area contributed by atoms with Crippen molar-refractivity contribution in [1.29, 1.82) is 0 Å². The number of rotatable bonds is 5. The van der Waals surface area contributed by atoms with E-state index >= 15 is 0 Å². The minimum atomic E-state index is 0.738. The summed E-state index contributed by atoms with van der Waals surface area (Å²) in [4.78, 5) is 4.52. The van der Waals surface area contributed by atoms with E-state index in [4.69, 9.17) is 0 Å². The smallest absolute Gasteiger partial charge is 0.0901 e. The van der Waals surface area contributed by atoms with Gasteiger partial charge in [0.15, 0.2) is 0 Å². The third-order valence-corrected chi connectivity index (χ3v) is 3.60. The van der Waals surface area contributed by atoms with Gasteiger partial charge < -0.3 is 5.32 Å². The summed E-state index contributed by atoms with van der Waals surface area (Å²) in [7, 11) is 0. The molecule has 0 fully saturated rings. The predicted molar refractivity (Wildman–Crippen MR) is 80.2 cm³/mol. The molecule has 1 aromatic heterocycles. The Morgan fingerprint density at radius 3 is 2.83 bits per heavy atom. The van der Waals surface area contributed by atoms with Crippen LogP contribution in [0.4, 0.5) is 5.69 Å². The van der Waals surface area contributed by atoms with Gasteiger partial charge in [-0.1, -0.05) is 26.0 Å². The predicted octanol–water partition coefficient (Wildman–Crippen LogP) is 4.58. The van der Waals surface area contributed by atoms with Crippen LogP contribution in [0.3, 0.4) is 0 Å². The van der Waals surface area contributed by atoms with Gasteiger partial charge in [-0.25, -0.2) is 4.98 Å². The molecule has 0 amide bonds. The molecular weight excluding hydrogens is 240 g/mol. The van der Waals surface area contributed by atoms with Gasteiger partial charge in [0, 0.05) is 23.2 Å². The maximum Gasteiger partial charge on any atom is 0.0901 e. The Hall–Kier alpha value is -1.35. The van der Waals surface area contributed by atoms with E-state index in [0.717, 1.165) is 23.2 Å². The first-order valence-electron chi connectivity index (χ1n) is 6.41. The van der Waals surface area contributed by atoms with Crippen molar-refractivity contribution >= 4 is 17.0 Å². The molecule has 0 aliphatic rings. The second-order valence-electron chi connectivity index (χ2n) is 4.94. The summed E-state index contributed by atoms with van der Waals surface area (Å²) in [5.41, 5.74) is 3.44. The summed E-state index contributed by atoms with van der Waals surface area (Å²) in [6, 6.07) is 8.49. The molecule has 0 saturated heterocycles. The van der Waals surface area contributed by atoms with Crippen molar-refractivity contribution in [2.24, 2.45) is 5.92 Å². The first-order chi connectivity index (χ1) is 8.65. The van der Waals surface area contributed by atoms with Gasteiger partial charge in [0.2, 0.25) is 0 Å². The van der Waals surface area contributed by atoms with Crippen molar-refractivity contribution in [3.63, 3.8) is 0 Å². The van der Waals surface area contributed by atoms with Crippen LogP contribution in [0.1, 0.15) is 25.3 Å². The number of hydrogen-bond acceptors (Lipinski definition) is 3. The van der Waals surface area contributed by atoms with Crippen molar-refractivity contribution in [2.45, 2.75) is 27.2 Å². The normalized spacial score (nSPS) is 10.9. The van der Waals surface area contributed by atoms with Crippen LogP contribution in [0, 0.1) is 12.8 Å². The topological polar surface area (TPSA) is 24.9 Å². The van der Waals surface area contributed by atoms with Gasteiger partial charge in [-0.3, -0.25) is 0 Å². The largest absolute Gasteiger partial charge is 0.385 e. The molecule has 1 heterocycles. The minimum absolute atomic E-state index is 0.738. The number of benzene rings is 1. The van der Waals surface area contributed by atoms with Crippen molar-refractivity contribution in [3.8, 4) is 11.3 Å². The third kappa shape index (κ3) is 3.57. The number of nitrogens with one attached hydrogen (secondary N) is 1. The number of aromatic nitrogens is 1. The lowest BCUT2D eigenvalue weighted by atomic mass is 10.1. The van der Waals surface area contributed by atoms with E-state index in [2.05, 4.69) is 53.8 Å². The summed E-state index contributed by atoms with van der Waals surface area (Å²) in [6.07, 6.45) is 1.19. The summed E-state index contributed by atoms with van der Waals surface area (Å²) >= 11 is 1.70. The van der Waals surface area contributed by atoms with E-state index in [0.29, 0.717) is 0 Å². The maximum atomic E-state index is 4.52. The Morgan fingerprint density at radius 2 is 2.17 bits per heavy atom. The monoisotopic (exact) mass is 260 g/mol. The number of nitrogens with zero attached hydrogens (tertiary/aromatic N) is 1. The molecule has 1 aromatic carbocycles. The fourth-order valence-electron chi connectivity index (χ4n) is 1.79. The third-order valence-electron chi connectivity index (χ3n) is 2.83. The zero-order chi connectivity index (χ0) is 13.0. The van der Waals surface area contributed by atoms with Crippen LogP contribution in [0.5, 0.6) is 0 Å². The average Bonchev–Trinajstić information content (AvgIpc) is 2.76. The summed E-state index contributed by atoms with van der Waals surface area (Å²) in [5.74, 6) is 0.738. The van der Waals surface area contributed by atoms with Gasteiger partial charge in [-0.15, -0.1) is 11.3 Å². The Balaban J connectivity index is 2.05. The average molecular weight is 260 g/mol. The first kappa shape index (κ1) is 13.1. The van der Waals surface area contributed by atoms with Crippen LogP contribution in [-0.2, 0) is 0 Å². The van der Waals surface area contributed by atoms with Crippen LogP contribution < -0.4 is 5.32 Å². The Labute approximate surface area is 113 Å². The number of thiazole rings is 1. The van der Waals surface area contributed by atoms with Gasteiger partial charge in [0.25, 0.3) is 0 Å². The SMILES string of the molecule is Cc1nc(-c2cccc(NCCC(C)C)c2)cs1. The van der Waals surface area contributed by atoms with Crippen molar-refractivity contribution in [2.75, 3.05) is 11.9 Å². The van der Waals surface area contributed by atoms with E-state index in [9.17, 15) is 0 Å². The molecule has 0 bridgehead atoms. The van der Waals surface area contributed by atoms with E-state index in [-0.39, 0.29) is 0 Å².